The fourth-order valence-corrected chi connectivity index (χ4v) is 1.35. The molecule has 0 bridgehead atoms. The third-order valence-corrected chi connectivity index (χ3v) is 2.27. The summed E-state index contributed by atoms with van der Waals surface area (Å²) >= 11 is 5.63. The normalized spacial score (nSPS) is 10.2. The molecule has 0 spiro atoms. The lowest BCUT2D eigenvalue weighted by atomic mass is 10.3. The van der Waals surface area contributed by atoms with Gasteiger partial charge in [0.25, 0.3) is 5.91 Å². The fraction of sp³-hybridized carbons (Fsp3) is 0.200. The molecular formula is C10H10ClN5O. The van der Waals surface area contributed by atoms with E-state index in [4.69, 9.17) is 11.6 Å². The molecule has 88 valence electrons. The van der Waals surface area contributed by atoms with E-state index in [2.05, 4.69) is 20.4 Å². The van der Waals surface area contributed by atoms with Crippen molar-refractivity contribution < 1.29 is 4.79 Å². The molecule has 6 nitrogen and oxygen atoms in total. The van der Waals surface area contributed by atoms with Gasteiger partial charge in [-0.1, -0.05) is 11.6 Å². The van der Waals surface area contributed by atoms with Gasteiger partial charge in [-0.2, -0.15) is 5.10 Å². The zero-order chi connectivity index (χ0) is 12.3. The average Bonchev–Trinajstić information content (AvgIpc) is 2.73. The van der Waals surface area contributed by atoms with Crippen LogP contribution in [0.4, 0.5) is 0 Å². The van der Waals surface area contributed by atoms with Crippen molar-refractivity contribution in [3.8, 4) is 0 Å². The highest BCUT2D eigenvalue weighted by Gasteiger charge is 2.07. The van der Waals surface area contributed by atoms with Crippen molar-refractivity contribution in [2.45, 2.75) is 6.54 Å². The Hall–Kier alpha value is -1.95. The molecule has 0 aliphatic heterocycles. The number of hydrogen-bond acceptors (Lipinski definition) is 4. The maximum absolute atomic E-state index is 11.7. The summed E-state index contributed by atoms with van der Waals surface area (Å²) in [5.74, 6) is 0.324. The largest absolute Gasteiger partial charge is 0.345 e. The molecule has 0 aliphatic carbocycles. The molecule has 0 atom stereocenters. The predicted molar refractivity (Wildman–Crippen MR) is 61.4 cm³/mol. The second-order valence-electron chi connectivity index (χ2n) is 3.39. The van der Waals surface area contributed by atoms with Crippen LogP contribution in [0.1, 0.15) is 16.2 Å². The standard InChI is InChI=1S/C10H10ClN5O/c1-16-6-14-9(15-16)5-13-10(17)7-2-3-8(11)12-4-7/h2-4,6H,5H2,1H3,(H,13,17). The van der Waals surface area contributed by atoms with E-state index in [1.807, 2.05) is 0 Å². The van der Waals surface area contributed by atoms with E-state index in [0.717, 1.165) is 0 Å². The molecule has 7 heteroatoms. The first-order chi connectivity index (χ1) is 8.15. The Morgan fingerprint density at radius 2 is 2.29 bits per heavy atom. The van der Waals surface area contributed by atoms with Gasteiger partial charge in [0.05, 0.1) is 12.1 Å². The number of nitrogens with one attached hydrogen (secondary N) is 1. The zero-order valence-electron chi connectivity index (χ0n) is 9.09. The number of rotatable bonds is 3. The molecule has 2 heterocycles. The third kappa shape index (κ3) is 3.01. The van der Waals surface area contributed by atoms with Crippen LogP contribution in [0, 0.1) is 0 Å². The number of carbonyl (C=O) groups is 1. The molecule has 2 aromatic rings. The highest BCUT2D eigenvalue weighted by molar-refractivity contribution is 6.29. The minimum absolute atomic E-state index is 0.235. The Labute approximate surface area is 103 Å². The molecule has 17 heavy (non-hydrogen) atoms. The summed E-state index contributed by atoms with van der Waals surface area (Å²) in [5, 5.41) is 7.09. The minimum Gasteiger partial charge on any atom is -0.345 e. The molecule has 0 saturated carbocycles. The number of aromatic nitrogens is 4. The van der Waals surface area contributed by atoms with Crippen LogP contribution < -0.4 is 5.32 Å². The maximum Gasteiger partial charge on any atom is 0.253 e. The van der Waals surface area contributed by atoms with Crippen LogP contribution in [0.2, 0.25) is 5.15 Å². The van der Waals surface area contributed by atoms with Crippen LogP contribution in [0.15, 0.2) is 24.7 Å². The van der Waals surface area contributed by atoms with Crippen molar-refractivity contribution >= 4 is 17.5 Å². The van der Waals surface area contributed by atoms with E-state index in [9.17, 15) is 4.79 Å². The van der Waals surface area contributed by atoms with Crippen LogP contribution in [0.3, 0.4) is 0 Å². The molecule has 1 N–H and O–H groups in total. The van der Waals surface area contributed by atoms with Crippen LogP contribution in [0.5, 0.6) is 0 Å². The summed E-state index contributed by atoms with van der Waals surface area (Å²) in [5.41, 5.74) is 0.449. The summed E-state index contributed by atoms with van der Waals surface area (Å²) in [6.45, 7) is 0.280. The lowest BCUT2D eigenvalue weighted by molar-refractivity contribution is 0.0949. The second kappa shape index (κ2) is 4.92. The molecular weight excluding hydrogens is 242 g/mol. The number of halogens is 1. The number of carbonyl (C=O) groups excluding carboxylic acids is 1. The van der Waals surface area contributed by atoms with E-state index in [1.54, 1.807) is 30.2 Å². The highest BCUT2D eigenvalue weighted by Crippen LogP contribution is 2.05. The molecule has 0 unspecified atom stereocenters. The lowest BCUT2D eigenvalue weighted by Crippen LogP contribution is -2.23. The summed E-state index contributed by atoms with van der Waals surface area (Å²) in [6.07, 6.45) is 2.99. The van der Waals surface area contributed by atoms with Crippen molar-refractivity contribution in [2.75, 3.05) is 0 Å². The Morgan fingerprint density at radius 3 is 2.88 bits per heavy atom. The second-order valence-corrected chi connectivity index (χ2v) is 3.77. The van der Waals surface area contributed by atoms with Gasteiger partial charge in [-0.25, -0.2) is 9.97 Å². The first-order valence-electron chi connectivity index (χ1n) is 4.89. The van der Waals surface area contributed by atoms with Crippen molar-refractivity contribution in [1.29, 1.82) is 0 Å². The predicted octanol–water partition coefficient (Wildman–Crippen LogP) is 0.793. The van der Waals surface area contributed by atoms with E-state index in [0.29, 0.717) is 16.5 Å². The Balaban J connectivity index is 1.95. The first kappa shape index (κ1) is 11.5. The molecule has 0 aliphatic rings. The van der Waals surface area contributed by atoms with Gasteiger partial charge in [0.15, 0.2) is 5.82 Å². The highest BCUT2D eigenvalue weighted by atomic mass is 35.5. The maximum atomic E-state index is 11.7. The topological polar surface area (TPSA) is 72.7 Å². The average molecular weight is 252 g/mol. The monoisotopic (exact) mass is 251 g/mol. The molecule has 0 aromatic carbocycles. The number of nitrogens with zero attached hydrogens (tertiary/aromatic N) is 4. The van der Waals surface area contributed by atoms with Gasteiger partial charge < -0.3 is 5.32 Å². The van der Waals surface area contributed by atoms with Crippen molar-refractivity contribution in [3.63, 3.8) is 0 Å². The van der Waals surface area contributed by atoms with Crippen LogP contribution in [-0.4, -0.2) is 25.7 Å². The minimum atomic E-state index is -0.235. The van der Waals surface area contributed by atoms with E-state index < -0.39 is 0 Å². The number of amides is 1. The van der Waals surface area contributed by atoms with Gasteiger partial charge in [-0.05, 0) is 12.1 Å². The summed E-state index contributed by atoms with van der Waals surface area (Å²) in [4.78, 5) is 19.5. The van der Waals surface area contributed by atoms with E-state index >= 15 is 0 Å². The SMILES string of the molecule is Cn1cnc(CNC(=O)c2ccc(Cl)nc2)n1. The number of hydrogen-bond donors (Lipinski definition) is 1. The van der Waals surface area contributed by atoms with Gasteiger partial charge in [-0.3, -0.25) is 9.48 Å². The Morgan fingerprint density at radius 1 is 1.47 bits per heavy atom. The molecule has 2 aromatic heterocycles. The van der Waals surface area contributed by atoms with Gasteiger partial charge in [0.2, 0.25) is 0 Å². The van der Waals surface area contributed by atoms with E-state index in [1.165, 1.54) is 6.20 Å². The van der Waals surface area contributed by atoms with Crippen LogP contribution in [-0.2, 0) is 13.6 Å². The Kier molecular flexibility index (Phi) is 3.34. The van der Waals surface area contributed by atoms with Gasteiger partial charge in [0.1, 0.15) is 11.5 Å². The number of pyridine rings is 1. The molecule has 1 amide bonds. The van der Waals surface area contributed by atoms with Crippen molar-refractivity contribution in [2.24, 2.45) is 7.05 Å². The number of aryl methyl sites for hydroxylation is 1. The quantitative estimate of drug-likeness (QED) is 0.819. The smallest absolute Gasteiger partial charge is 0.253 e. The van der Waals surface area contributed by atoms with Gasteiger partial charge in [0, 0.05) is 13.2 Å². The van der Waals surface area contributed by atoms with Crippen molar-refractivity contribution in [3.05, 3.63) is 41.2 Å². The first-order valence-corrected chi connectivity index (χ1v) is 5.27. The fourth-order valence-electron chi connectivity index (χ4n) is 1.24. The molecule has 0 radical (unpaired) electrons. The van der Waals surface area contributed by atoms with Crippen LogP contribution >= 0.6 is 11.6 Å². The summed E-state index contributed by atoms with van der Waals surface area (Å²) < 4.78 is 1.57. The molecule has 0 saturated heterocycles. The Bertz CT molecular complexity index is 522. The zero-order valence-corrected chi connectivity index (χ0v) is 9.85. The third-order valence-electron chi connectivity index (χ3n) is 2.04. The summed E-state index contributed by atoms with van der Waals surface area (Å²) in [7, 11) is 1.77. The van der Waals surface area contributed by atoms with Crippen molar-refractivity contribution in [1.82, 2.24) is 25.1 Å². The molecule has 2 rings (SSSR count). The lowest BCUT2D eigenvalue weighted by Gasteiger charge is -2.02. The van der Waals surface area contributed by atoms with Gasteiger partial charge >= 0.3 is 0 Å². The summed E-state index contributed by atoms with van der Waals surface area (Å²) in [6, 6.07) is 3.17. The van der Waals surface area contributed by atoms with Gasteiger partial charge in [-0.15, -0.1) is 0 Å². The van der Waals surface area contributed by atoms with E-state index in [-0.39, 0.29) is 12.5 Å². The molecule has 0 fully saturated rings. The van der Waals surface area contributed by atoms with Crippen LogP contribution in [0.25, 0.3) is 0 Å².